The van der Waals surface area contributed by atoms with Crippen LogP contribution < -0.4 is 40.9 Å². The van der Waals surface area contributed by atoms with Crippen molar-refractivity contribution in [3.05, 3.63) is 83.2 Å². The van der Waals surface area contributed by atoms with Crippen LogP contribution in [-0.4, -0.2) is 173 Å². The number of carbonyl (C=O) groups excluding carboxylic acids is 5. The van der Waals surface area contributed by atoms with Gasteiger partial charge in [0.25, 0.3) is 31.9 Å². The number of aromatic nitrogens is 4. The summed E-state index contributed by atoms with van der Waals surface area (Å²) < 4.78 is 68.5. The van der Waals surface area contributed by atoms with Crippen molar-refractivity contribution < 1.29 is 60.2 Å². The lowest BCUT2D eigenvalue weighted by Gasteiger charge is -2.52. The topological polar surface area (TPSA) is 360 Å². The smallest absolute Gasteiger partial charge is 0.410 e. The largest absolute Gasteiger partial charge is 0.480 e. The number of anilines is 4. The molecule has 12 rings (SSSR count). The summed E-state index contributed by atoms with van der Waals surface area (Å²) in [7, 11) is -8.70. The van der Waals surface area contributed by atoms with Gasteiger partial charge in [-0.15, -0.1) is 0 Å². The van der Waals surface area contributed by atoms with Crippen LogP contribution in [0.5, 0.6) is 0 Å². The highest BCUT2D eigenvalue weighted by Gasteiger charge is 2.50. The number of nitrogens with two attached hydrogens (primary N) is 1. The standard InChI is InChI=1S/C38H55N7O6S.C25H33N5O5S.C13H24N2O2/c1-35(2,3)28-15-13-26-31(41-28)45-23-24(20-37(45,7)8)12-14-27(40-29-10-9-11-30(42-29)52(49,50)43-32(26)46)33(47)39-25-21-38(22-25)16-18-44(19-17-38)34(48)51-36(4,5)6;1-24(2,3)18-12-10-16-21(27-18)30-14-15(13-25(30,4)5)9-11-17(23(32)33)26-19-7-6-8-20(28-19)36(34,35)29-22(16)31;1-12(2,3)17-11(16)15-6-4-13(5-7-15)8-10(14)9-13/h9-11,13,15,24-25,27H,12,14,16-23H2,1-8H3,(H,39,47)(H,40,42)(H,43,46);6-8,10,12,15,17H,9,11,13-14H2,1-5H3,(H,26,28)(H,29,31)(H,32,33);10H,4-9,14H2,1-3H3/t24-,27?;15-,17?;/m00./s1. The molecule has 2 aliphatic carbocycles. The van der Waals surface area contributed by atoms with E-state index < -0.39 is 61.1 Å². The summed E-state index contributed by atoms with van der Waals surface area (Å²) in [5.74, 6) is -1.20. The summed E-state index contributed by atoms with van der Waals surface area (Å²) in [6.45, 7) is 36.0. The SMILES string of the molecule is CC(C)(C)OC(=O)N1CCC2(CC1)CC(N)C2.CC(C)(C)OC(=O)N1CCC2(CC1)CC(NC(=O)C1CC[C@@H]3CN(c4nc(C(C)(C)C)ccc4C(=O)NS(=O)(=O)c4cccc(n4)N1)C(C)(C)C3)C2.CC(C)(C)c1ccc2c(n1)N1C[C@@H](CCC(C(=O)O)Nc3cccc(n3)S(=O)(=O)NC2=O)CC1(C)C. The van der Waals surface area contributed by atoms with Crippen LogP contribution in [0, 0.1) is 22.7 Å². The van der Waals surface area contributed by atoms with Gasteiger partial charge in [-0.2, -0.15) is 16.8 Å². The first kappa shape index (κ1) is 79.6. The molecule has 4 aromatic rings. The third-order valence-corrected chi connectivity index (χ3v) is 24.2. The molecule has 0 radical (unpaired) electrons. The Morgan fingerprint density at radius 2 is 0.914 bits per heavy atom. The lowest BCUT2D eigenvalue weighted by molar-refractivity contribution is -0.138. The Bertz CT molecular complexity index is 4150. The summed E-state index contributed by atoms with van der Waals surface area (Å²) in [6, 6.07) is 14.3. The lowest BCUT2D eigenvalue weighted by atomic mass is 9.60. The van der Waals surface area contributed by atoms with E-state index in [4.69, 9.17) is 25.2 Å². The van der Waals surface area contributed by atoms with Crippen LogP contribution in [0.2, 0.25) is 0 Å². The Kier molecular flexibility index (Phi) is 22.5. The minimum absolute atomic E-state index is 0.00867. The van der Waals surface area contributed by atoms with Crippen LogP contribution >= 0.6 is 0 Å². The van der Waals surface area contributed by atoms with Crippen LogP contribution in [0.4, 0.5) is 32.9 Å². The third-order valence-electron chi connectivity index (χ3n) is 21.7. The Labute approximate surface area is 620 Å². The number of rotatable bonds is 3. The highest BCUT2D eigenvalue weighted by Crippen LogP contribution is 2.51. The molecule has 0 aromatic carbocycles. The van der Waals surface area contributed by atoms with Gasteiger partial charge in [0.1, 0.15) is 46.6 Å². The first-order valence-electron chi connectivity index (χ1n) is 37.0. The molecule has 6 fully saturated rings. The number of nitrogens with one attached hydrogen (secondary N) is 5. The summed E-state index contributed by atoms with van der Waals surface area (Å²) in [5, 5.41) is 18.4. The van der Waals surface area contributed by atoms with Crippen LogP contribution in [0.3, 0.4) is 0 Å². The molecule has 4 aromatic heterocycles. The first-order chi connectivity index (χ1) is 48.6. The van der Waals surface area contributed by atoms with Crippen molar-refractivity contribution in [2.75, 3.05) is 59.7 Å². The number of aliphatic carboxylic acids is 1. The average Bonchev–Trinajstić information content (AvgIpc) is 1.72. The number of hydrogen-bond donors (Lipinski definition) is 7. The molecule has 2 spiro atoms. The second-order valence-electron chi connectivity index (χ2n) is 35.8. The van der Waals surface area contributed by atoms with E-state index in [1.807, 2.05) is 88.0 Å². The van der Waals surface area contributed by atoms with Gasteiger partial charge >= 0.3 is 18.2 Å². The number of piperidine rings is 2. The number of carboxylic acid groups (broad SMARTS) is 1. The molecule has 105 heavy (non-hydrogen) atoms. The Morgan fingerprint density at radius 3 is 1.29 bits per heavy atom. The number of fused-ring (bicyclic) bond motifs is 12. The summed E-state index contributed by atoms with van der Waals surface area (Å²) in [4.78, 5) is 103. The van der Waals surface area contributed by atoms with Gasteiger partial charge in [0, 0.05) is 84.6 Å². The number of sulfonamides is 2. The summed E-state index contributed by atoms with van der Waals surface area (Å²) in [6.07, 6.45) is 11.2. The monoisotopic (exact) mass is 1490 g/mol. The number of carboxylic acids is 1. The zero-order chi connectivity index (χ0) is 77.0. The van der Waals surface area contributed by atoms with Crippen LogP contribution in [-0.2, 0) is 49.9 Å². The van der Waals surface area contributed by atoms with E-state index in [2.05, 4.69) is 72.9 Å². The molecule has 576 valence electrons. The van der Waals surface area contributed by atoms with Crippen molar-refractivity contribution >= 4 is 79.2 Å². The van der Waals surface area contributed by atoms with Gasteiger partial charge in [-0.05, 0) is 230 Å². The Hall–Kier alpha value is -7.92. The van der Waals surface area contributed by atoms with Gasteiger partial charge in [-0.1, -0.05) is 53.7 Å². The number of carbonyl (C=O) groups is 6. The van der Waals surface area contributed by atoms with Gasteiger partial charge in [0.05, 0.1) is 11.1 Å². The maximum absolute atomic E-state index is 14.0. The van der Waals surface area contributed by atoms with Crippen molar-refractivity contribution in [2.24, 2.45) is 28.4 Å². The van der Waals surface area contributed by atoms with Gasteiger partial charge in [0.15, 0.2) is 10.1 Å². The van der Waals surface area contributed by atoms with Gasteiger partial charge in [0.2, 0.25) is 5.91 Å². The minimum Gasteiger partial charge on any atom is -0.480 e. The molecule has 6 aliphatic heterocycles. The highest BCUT2D eigenvalue weighted by atomic mass is 32.2. The van der Waals surface area contributed by atoms with E-state index in [1.165, 1.54) is 24.3 Å². The van der Waals surface area contributed by atoms with E-state index in [1.54, 1.807) is 41.3 Å². The fraction of sp³-hybridized carbons (Fsp3) is 0.658. The fourth-order valence-electron chi connectivity index (χ4n) is 16.1. The second kappa shape index (κ2) is 29.7. The molecule has 29 heteroatoms. The van der Waals surface area contributed by atoms with Crippen LogP contribution in [0.25, 0.3) is 0 Å². The summed E-state index contributed by atoms with van der Waals surface area (Å²) >= 11 is 0. The van der Waals surface area contributed by atoms with Crippen molar-refractivity contribution in [1.29, 1.82) is 0 Å². The maximum atomic E-state index is 14.0. The minimum atomic E-state index is -4.37. The third kappa shape index (κ3) is 19.3. The van der Waals surface area contributed by atoms with Gasteiger partial charge in [-0.25, -0.2) is 43.8 Å². The highest BCUT2D eigenvalue weighted by molar-refractivity contribution is 7.90. The lowest BCUT2D eigenvalue weighted by Crippen LogP contribution is -2.57. The predicted molar refractivity (Wildman–Crippen MR) is 401 cm³/mol. The fourth-order valence-corrected chi connectivity index (χ4v) is 17.9. The molecule has 4 atom stereocenters. The Balaban J connectivity index is 0.000000191. The molecule has 8 N–H and O–H groups in total. The van der Waals surface area contributed by atoms with Crippen molar-refractivity contribution in [1.82, 2.24) is 44.5 Å². The molecule has 4 saturated heterocycles. The van der Waals surface area contributed by atoms with Crippen molar-refractivity contribution in [3.8, 4) is 0 Å². The number of amides is 5. The average molecular weight is 1490 g/mol. The van der Waals surface area contributed by atoms with E-state index in [0.717, 1.165) is 95.1 Å². The van der Waals surface area contributed by atoms with E-state index in [0.29, 0.717) is 68.5 Å². The normalized spacial score (nSPS) is 24.1. The predicted octanol–water partition coefficient (Wildman–Crippen LogP) is 10.6. The molecule has 8 bridgehead atoms. The van der Waals surface area contributed by atoms with Crippen molar-refractivity contribution in [2.45, 2.75) is 268 Å². The molecule has 10 heterocycles. The molecule has 27 nitrogen and oxygen atoms in total. The number of likely N-dealkylation sites (tertiary alicyclic amines) is 2. The van der Waals surface area contributed by atoms with E-state index in [9.17, 15) is 50.7 Å². The zero-order valence-electron chi connectivity index (χ0n) is 64.2. The number of pyridine rings is 4. The Morgan fingerprint density at radius 1 is 0.533 bits per heavy atom. The van der Waals surface area contributed by atoms with E-state index in [-0.39, 0.29) is 96.1 Å². The number of nitrogens with zero attached hydrogens (tertiary/aromatic N) is 8. The second-order valence-corrected chi connectivity index (χ2v) is 39.1. The maximum Gasteiger partial charge on any atom is 0.410 e. The molecule has 5 amide bonds. The molecular weight excluding hydrogens is 1380 g/mol. The first-order valence-corrected chi connectivity index (χ1v) is 40.0. The number of ether oxygens (including phenoxy) is 2. The quantitative estimate of drug-likeness (QED) is 0.100. The van der Waals surface area contributed by atoms with Crippen LogP contribution in [0.15, 0.2) is 70.7 Å². The molecule has 8 aliphatic rings. The summed E-state index contributed by atoms with van der Waals surface area (Å²) in [5.41, 5.74) is 6.02. The molecule has 2 saturated carbocycles. The molecule has 2 unspecified atom stereocenters. The zero-order valence-corrected chi connectivity index (χ0v) is 65.8. The van der Waals surface area contributed by atoms with Gasteiger partial charge in [-0.3, -0.25) is 14.4 Å². The van der Waals surface area contributed by atoms with Crippen molar-refractivity contribution in [3.63, 3.8) is 0 Å². The number of hydrogen-bond acceptors (Lipinski definition) is 21. The van der Waals surface area contributed by atoms with Gasteiger partial charge < -0.3 is 55.9 Å². The molecular formula is C76H112N14O13S2. The van der Waals surface area contributed by atoms with Crippen LogP contribution in [0.1, 0.15) is 233 Å². The van der Waals surface area contributed by atoms with E-state index >= 15 is 0 Å².